The number of aromatic amines is 1. The molecule has 4 fully saturated rings. The number of nitrogens with zero attached hydrogens (tertiary/aromatic N) is 2. The molecule has 5 nitrogen and oxygen atoms in total. The van der Waals surface area contributed by atoms with E-state index in [2.05, 4.69) is 31.3 Å². The number of H-pyrrole nitrogens is 1. The van der Waals surface area contributed by atoms with Gasteiger partial charge in [-0.1, -0.05) is 15.9 Å². The van der Waals surface area contributed by atoms with Crippen LogP contribution in [0.15, 0.2) is 0 Å². The third-order valence-corrected chi connectivity index (χ3v) is 6.38. The fourth-order valence-corrected chi connectivity index (χ4v) is 6.55. The lowest BCUT2D eigenvalue weighted by Gasteiger charge is -2.59. The molecule has 1 aromatic rings. The van der Waals surface area contributed by atoms with Gasteiger partial charge < -0.3 is 0 Å². The van der Waals surface area contributed by atoms with Crippen molar-refractivity contribution in [3.8, 4) is 0 Å². The molecular weight excluding hydrogens is 377 g/mol. The molecule has 2 atom stereocenters. The first-order valence-corrected chi connectivity index (χ1v) is 8.47. The van der Waals surface area contributed by atoms with E-state index < -0.39 is 17.4 Å². The summed E-state index contributed by atoms with van der Waals surface area (Å²) in [4.78, 5) is 16.1. The highest BCUT2D eigenvalue weighted by Gasteiger charge is 2.59. The van der Waals surface area contributed by atoms with Gasteiger partial charge in [-0.2, -0.15) is 18.2 Å². The molecule has 0 radical (unpaired) electrons. The molecule has 4 bridgehead atoms. The first-order chi connectivity index (χ1) is 10.7. The summed E-state index contributed by atoms with van der Waals surface area (Å²) in [7, 11) is 0. The van der Waals surface area contributed by atoms with Gasteiger partial charge in [-0.3, -0.25) is 15.2 Å². The maximum absolute atomic E-state index is 12.8. The molecule has 4 aliphatic carbocycles. The van der Waals surface area contributed by atoms with Gasteiger partial charge in [-0.25, -0.2) is 0 Å². The number of carbonyl (C=O) groups excluding carboxylic acids is 1. The standard InChI is InChI=1S/C14H16BrF3N4O/c15-13-4-7-1-8(5-13)3-12(2-7,6-13)10(23)20-11-19-9(21-22-11)14(16,17)18/h7-8H,1-6H2,(H2,19,20,21,22,23). The second-order valence-electron chi connectivity index (χ2n) is 7.35. The van der Waals surface area contributed by atoms with Crippen molar-refractivity contribution in [1.29, 1.82) is 0 Å². The third-order valence-electron chi connectivity index (χ3n) is 5.45. The first kappa shape index (κ1) is 15.4. The Kier molecular flexibility index (Phi) is 3.15. The molecule has 23 heavy (non-hydrogen) atoms. The summed E-state index contributed by atoms with van der Waals surface area (Å²) in [5.74, 6) is -0.723. The van der Waals surface area contributed by atoms with E-state index in [1.165, 1.54) is 0 Å². The van der Waals surface area contributed by atoms with Crippen LogP contribution in [-0.2, 0) is 11.0 Å². The molecule has 9 heteroatoms. The van der Waals surface area contributed by atoms with Crippen molar-refractivity contribution in [1.82, 2.24) is 15.2 Å². The van der Waals surface area contributed by atoms with E-state index in [9.17, 15) is 18.0 Å². The third kappa shape index (κ3) is 2.56. The monoisotopic (exact) mass is 392 g/mol. The van der Waals surface area contributed by atoms with Crippen molar-refractivity contribution in [3.63, 3.8) is 0 Å². The lowest BCUT2D eigenvalue weighted by Crippen LogP contribution is -2.57. The van der Waals surface area contributed by atoms with Crippen LogP contribution in [0, 0.1) is 17.3 Å². The second kappa shape index (κ2) is 4.70. The predicted octanol–water partition coefficient (Wildman–Crippen LogP) is 3.50. The molecule has 0 spiro atoms. The first-order valence-electron chi connectivity index (χ1n) is 7.68. The van der Waals surface area contributed by atoms with Gasteiger partial charge in [-0.05, 0) is 50.4 Å². The van der Waals surface area contributed by atoms with Crippen molar-refractivity contribution in [3.05, 3.63) is 5.82 Å². The van der Waals surface area contributed by atoms with Gasteiger partial charge in [0.15, 0.2) is 0 Å². The topological polar surface area (TPSA) is 70.7 Å². The number of halogens is 4. The van der Waals surface area contributed by atoms with E-state index in [0.29, 0.717) is 11.8 Å². The molecule has 0 saturated heterocycles. The minimum absolute atomic E-state index is 0.00452. The normalized spacial score (nSPS) is 38.8. The van der Waals surface area contributed by atoms with Crippen LogP contribution in [0.2, 0.25) is 0 Å². The Bertz CT molecular complexity index is 645. The summed E-state index contributed by atoms with van der Waals surface area (Å²) in [6.07, 6.45) is 1.06. The zero-order valence-electron chi connectivity index (χ0n) is 12.2. The molecule has 1 heterocycles. The minimum Gasteiger partial charge on any atom is -0.293 e. The number of anilines is 1. The van der Waals surface area contributed by atoms with Crippen LogP contribution in [-0.4, -0.2) is 25.4 Å². The van der Waals surface area contributed by atoms with Crippen molar-refractivity contribution in [2.24, 2.45) is 17.3 Å². The quantitative estimate of drug-likeness (QED) is 0.756. The Morgan fingerprint density at radius 1 is 1.26 bits per heavy atom. The Labute approximate surface area is 138 Å². The molecule has 2 N–H and O–H groups in total. The molecule has 4 aliphatic rings. The zero-order chi connectivity index (χ0) is 16.5. The van der Waals surface area contributed by atoms with Crippen LogP contribution in [0.25, 0.3) is 0 Å². The number of carbonyl (C=O) groups is 1. The number of alkyl halides is 4. The van der Waals surface area contributed by atoms with Crippen molar-refractivity contribution in [2.75, 3.05) is 5.32 Å². The summed E-state index contributed by atoms with van der Waals surface area (Å²) in [5.41, 5.74) is -0.507. The molecule has 2 unspecified atom stereocenters. The molecule has 1 aromatic heterocycles. The molecule has 126 valence electrons. The number of nitrogens with one attached hydrogen (secondary N) is 2. The Hall–Kier alpha value is -1.12. The van der Waals surface area contributed by atoms with Gasteiger partial charge in [-0.15, -0.1) is 5.10 Å². The van der Waals surface area contributed by atoms with E-state index >= 15 is 0 Å². The van der Waals surface area contributed by atoms with Crippen LogP contribution >= 0.6 is 15.9 Å². The molecule has 4 saturated carbocycles. The average molecular weight is 393 g/mol. The molecule has 0 aromatic carbocycles. The van der Waals surface area contributed by atoms with Gasteiger partial charge in [0.25, 0.3) is 0 Å². The second-order valence-corrected chi connectivity index (χ2v) is 9.03. The number of hydrogen-bond acceptors (Lipinski definition) is 3. The van der Waals surface area contributed by atoms with Crippen molar-refractivity contribution < 1.29 is 18.0 Å². The van der Waals surface area contributed by atoms with E-state index in [1.54, 1.807) is 0 Å². The smallest absolute Gasteiger partial charge is 0.293 e. The highest BCUT2D eigenvalue weighted by molar-refractivity contribution is 9.10. The van der Waals surface area contributed by atoms with Crippen molar-refractivity contribution in [2.45, 2.75) is 49.0 Å². The van der Waals surface area contributed by atoms with Crippen LogP contribution in [0.4, 0.5) is 19.1 Å². The van der Waals surface area contributed by atoms with E-state index in [1.807, 2.05) is 5.10 Å². The van der Waals surface area contributed by atoms with Gasteiger partial charge in [0.2, 0.25) is 17.7 Å². The maximum atomic E-state index is 12.8. The highest BCUT2D eigenvalue weighted by atomic mass is 79.9. The number of aromatic nitrogens is 3. The maximum Gasteiger partial charge on any atom is 0.451 e. The van der Waals surface area contributed by atoms with Crippen molar-refractivity contribution >= 4 is 27.8 Å². The Morgan fingerprint density at radius 3 is 2.43 bits per heavy atom. The van der Waals surface area contributed by atoms with Gasteiger partial charge in [0.05, 0.1) is 5.41 Å². The summed E-state index contributed by atoms with van der Waals surface area (Å²) >= 11 is 3.81. The van der Waals surface area contributed by atoms with Crippen LogP contribution < -0.4 is 5.32 Å². The largest absolute Gasteiger partial charge is 0.451 e. The molecule has 0 aliphatic heterocycles. The van der Waals surface area contributed by atoms with Crippen LogP contribution in [0.1, 0.15) is 44.3 Å². The predicted molar refractivity (Wildman–Crippen MR) is 78.8 cm³/mol. The van der Waals surface area contributed by atoms with Gasteiger partial charge in [0.1, 0.15) is 0 Å². The lowest BCUT2D eigenvalue weighted by molar-refractivity contribution is -0.144. The fraction of sp³-hybridized carbons (Fsp3) is 0.786. The molecule has 5 rings (SSSR count). The molecule has 1 amide bonds. The van der Waals surface area contributed by atoms with Crippen LogP contribution in [0.3, 0.4) is 0 Å². The highest BCUT2D eigenvalue weighted by Crippen LogP contribution is 2.64. The Balaban J connectivity index is 1.54. The van der Waals surface area contributed by atoms with E-state index in [-0.39, 0.29) is 16.2 Å². The van der Waals surface area contributed by atoms with Gasteiger partial charge >= 0.3 is 6.18 Å². The number of rotatable bonds is 2. The van der Waals surface area contributed by atoms with E-state index in [4.69, 9.17) is 0 Å². The number of hydrogen-bond donors (Lipinski definition) is 2. The molecular formula is C14H16BrF3N4O. The average Bonchev–Trinajstić information content (AvgIpc) is 2.84. The summed E-state index contributed by atoms with van der Waals surface area (Å²) in [6, 6.07) is 0. The Morgan fingerprint density at radius 2 is 1.91 bits per heavy atom. The number of amides is 1. The SMILES string of the molecule is O=C(Nc1n[nH]c(C(F)(F)F)n1)C12CC3CC(CC(Br)(C3)C1)C2. The minimum atomic E-state index is -4.60. The zero-order valence-corrected chi connectivity index (χ0v) is 13.8. The van der Waals surface area contributed by atoms with Gasteiger partial charge in [0, 0.05) is 4.32 Å². The fourth-order valence-electron chi connectivity index (χ4n) is 5.10. The summed E-state index contributed by atoms with van der Waals surface area (Å²) in [5, 5.41) is 7.79. The lowest BCUT2D eigenvalue weighted by atomic mass is 9.49. The summed E-state index contributed by atoms with van der Waals surface area (Å²) < 4.78 is 37.7. The summed E-state index contributed by atoms with van der Waals surface area (Å²) in [6.45, 7) is 0. The van der Waals surface area contributed by atoms with Crippen LogP contribution in [0.5, 0.6) is 0 Å². The van der Waals surface area contributed by atoms with E-state index in [0.717, 1.165) is 38.5 Å².